The summed E-state index contributed by atoms with van der Waals surface area (Å²) in [5, 5.41) is 63.3. The third kappa shape index (κ3) is 3.15. The Morgan fingerprint density at radius 2 is 1.11 bits per heavy atom. The Morgan fingerprint density at radius 3 is 1.71 bits per heavy atom. The lowest BCUT2D eigenvalue weighted by atomic mass is 9.76. The number of fused-ring (bicyclic) bond motifs is 3. The normalized spacial score (nSPS) is 11.5. The van der Waals surface area contributed by atoms with Crippen LogP contribution in [0, 0.1) is 20.8 Å². The van der Waals surface area contributed by atoms with Crippen molar-refractivity contribution in [3.8, 4) is 39.8 Å². The van der Waals surface area contributed by atoms with Gasteiger partial charge in [-0.3, -0.25) is 0 Å². The summed E-state index contributed by atoms with van der Waals surface area (Å²) < 4.78 is 1.79. The van der Waals surface area contributed by atoms with Gasteiger partial charge in [0.15, 0.2) is 11.5 Å². The quantitative estimate of drug-likeness (QED) is 0.176. The van der Waals surface area contributed by atoms with Gasteiger partial charge >= 0.3 is 7.12 Å². The molecule has 176 valence electrons. The number of phenols is 4. The third-order valence-electron chi connectivity index (χ3n) is 6.85. The molecule has 1 aromatic heterocycles. The van der Waals surface area contributed by atoms with Crippen molar-refractivity contribution in [3.05, 3.63) is 71.3 Å². The predicted octanol–water partition coefficient (Wildman–Crippen LogP) is 3.88. The Hall–Kier alpha value is -4.14. The zero-order chi connectivity index (χ0) is 25.2. The fourth-order valence-corrected chi connectivity index (χ4v) is 4.89. The Bertz CT molecular complexity index is 1620. The molecule has 5 aromatic rings. The van der Waals surface area contributed by atoms with E-state index in [1.807, 2.05) is 54.6 Å². The van der Waals surface area contributed by atoms with E-state index >= 15 is 0 Å². The molecule has 5 rings (SSSR count). The Kier molecular flexibility index (Phi) is 5.16. The van der Waals surface area contributed by atoms with E-state index in [-0.39, 0.29) is 22.1 Å². The number of benzene rings is 4. The third-order valence-corrected chi connectivity index (χ3v) is 6.85. The van der Waals surface area contributed by atoms with Crippen molar-refractivity contribution < 1.29 is 30.5 Å². The van der Waals surface area contributed by atoms with Crippen LogP contribution >= 0.6 is 0 Å². The van der Waals surface area contributed by atoms with Crippen molar-refractivity contribution >= 4 is 34.4 Å². The highest BCUT2D eigenvalue weighted by atomic mass is 16.4. The van der Waals surface area contributed by atoms with Crippen LogP contribution in [-0.4, -0.2) is 42.2 Å². The van der Waals surface area contributed by atoms with Gasteiger partial charge in [0.2, 0.25) is 0 Å². The fourth-order valence-electron chi connectivity index (χ4n) is 4.89. The summed E-state index contributed by atoms with van der Waals surface area (Å²) in [5.74, 6) is -1.81. The van der Waals surface area contributed by atoms with Crippen LogP contribution in [-0.2, 0) is 0 Å². The number of hydrogen-bond acceptors (Lipinski definition) is 6. The number of aromatic nitrogens is 1. The summed E-state index contributed by atoms with van der Waals surface area (Å²) in [7, 11) is -2.15. The van der Waals surface area contributed by atoms with Crippen molar-refractivity contribution in [2.24, 2.45) is 0 Å². The maximum absolute atomic E-state index is 11.1. The topological polar surface area (TPSA) is 126 Å². The van der Waals surface area contributed by atoms with Gasteiger partial charge in [-0.2, -0.15) is 0 Å². The summed E-state index contributed by atoms with van der Waals surface area (Å²) in [6.07, 6.45) is 0. The lowest BCUT2D eigenvalue weighted by molar-refractivity contribution is 0.405. The summed E-state index contributed by atoms with van der Waals surface area (Å²) in [6.45, 7) is 5.06. The summed E-state index contributed by atoms with van der Waals surface area (Å²) >= 11 is 0. The Morgan fingerprint density at radius 1 is 0.571 bits per heavy atom. The monoisotopic (exact) mass is 469 g/mol. The van der Waals surface area contributed by atoms with Crippen molar-refractivity contribution in [1.29, 1.82) is 0 Å². The molecule has 35 heavy (non-hydrogen) atoms. The van der Waals surface area contributed by atoms with Crippen molar-refractivity contribution in [3.63, 3.8) is 0 Å². The van der Waals surface area contributed by atoms with E-state index in [4.69, 9.17) is 0 Å². The first kappa shape index (κ1) is 22.6. The van der Waals surface area contributed by atoms with Crippen molar-refractivity contribution in [1.82, 2.24) is 4.57 Å². The second-order valence-corrected chi connectivity index (χ2v) is 8.75. The molecule has 0 atom stereocenters. The number of nitrogens with zero attached hydrogens (tertiary/aromatic N) is 1. The van der Waals surface area contributed by atoms with Crippen LogP contribution in [0.4, 0.5) is 0 Å². The molecule has 0 radical (unpaired) electrons. The van der Waals surface area contributed by atoms with Crippen LogP contribution < -0.4 is 5.46 Å². The van der Waals surface area contributed by atoms with E-state index < -0.39 is 29.8 Å². The molecule has 0 amide bonds. The minimum atomic E-state index is -2.15. The SMILES string of the molecule is Cc1c(O)c(O)c2c3c(O)c(B(O)O)c(O)c(C)c3n(-c3ccc(-c4ccccc4)cc3)c2c1C. The fraction of sp³-hybridized carbons (Fsp3) is 0.111. The van der Waals surface area contributed by atoms with E-state index in [1.54, 1.807) is 25.3 Å². The van der Waals surface area contributed by atoms with Crippen LogP contribution in [0.25, 0.3) is 38.6 Å². The van der Waals surface area contributed by atoms with E-state index in [0.717, 1.165) is 11.1 Å². The average Bonchev–Trinajstić information content (AvgIpc) is 3.22. The number of aryl methyl sites for hydroxylation is 2. The number of hydrogen-bond donors (Lipinski definition) is 6. The lowest BCUT2D eigenvalue weighted by Crippen LogP contribution is -2.31. The maximum atomic E-state index is 11.1. The lowest BCUT2D eigenvalue weighted by Gasteiger charge is -2.15. The van der Waals surface area contributed by atoms with Gasteiger partial charge in [0.05, 0.1) is 27.3 Å². The van der Waals surface area contributed by atoms with Gasteiger partial charge in [-0.1, -0.05) is 42.5 Å². The Labute approximate surface area is 201 Å². The van der Waals surface area contributed by atoms with Gasteiger partial charge in [0.25, 0.3) is 0 Å². The molecule has 4 aromatic carbocycles. The van der Waals surface area contributed by atoms with Crippen LogP contribution in [0.15, 0.2) is 54.6 Å². The van der Waals surface area contributed by atoms with Gasteiger partial charge in [-0.25, -0.2) is 0 Å². The summed E-state index contributed by atoms with van der Waals surface area (Å²) in [6, 6.07) is 17.6. The molecule has 0 fully saturated rings. The first-order valence-electron chi connectivity index (χ1n) is 11.1. The zero-order valence-corrected chi connectivity index (χ0v) is 19.4. The molecule has 0 unspecified atom stereocenters. The van der Waals surface area contributed by atoms with Gasteiger partial charge in [0.1, 0.15) is 11.5 Å². The van der Waals surface area contributed by atoms with E-state index in [0.29, 0.717) is 27.8 Å². The van der Waals surface area contributed by atoms with E-state index in [2.05, 4.69) is 0 Å². The second-order valence-electron chi connectivity index (χ2n) is 8.75. The second kappa shape index (κ2) is 7.97. The molecule has 0 aliphatic carbocycles. The first-order valence-corrected chi connectivity index (χ1v) is 11.1. The molecule has 0 aliphatic heterocycles. The largest absolute Gasteiger partial charge is 0.508 e. The zero-order valence-electron chi connectivity index (χ0n) is 19.4. The van der Waals surface area contributed by atoms with E-state index in [9.17, 15) is 30.5 Å². The number of aromatic hydroxyl groups is 4. The standard InChI is InChI=1S/C27H24BNO6/c1-13-14(2)25(31)27(33)20-19-23(15(3)24(30)21(26(19)32)28(34)35)29(22(13)20)18-11-9-17(10-12-18)16-7-5-4-6-8-16/h4-12,30-35H,1-3H3. The minimum Gasteiger partial charge on any atom is -0.508 e. The first-order chi connectivity index (χ1) is 16.6. The highest BCUT2D eigenvalue weighted by Crippen LogP contribution is 2.49. The van der Waals surface area contributed by atoms with Crippen molar-refractivity contribution in [2.45, 2.75) is 20.8 Å². The summed E-state index contributed by atoms with van der Waals surface area (Å²) in [4.78, 5) is 0. The van der Waals surface area contributed by atoms with Crippen LogP contribution in [0.1, 0.15) is 16.7 Å². The number of rotatable bonds is 3. The smallest absolute Gasteiger partial charge is 0.496 e. The molecule has 6 N–H and O–H groups in total. The summed E-state index contributed by atoms with van der Waals surface area (Å²) in [5.41, 5.74) is 4.55. The molecule has 0 spiro atoms. The molecule has 0 saturated heterocycles. The Balaban J connectivity index is 1.96. The van der Waals surface area contributed by atoms with Gasteiger partial charge in [-0.15, -0.1) is 0 Å². The molecule has 0 saturated carbocycles. The average molecular weight is 469 g/mol. The molecular formula is C27H24BNO6. The van der Waals surface area contributed by atoms with Crippen LogP contribution in [0.2, 0.25) is 0 Å². The van der Waals surface area contributed by atoms with Gasteiger partial charge in [0, 0.05) is 11.3 Å². The van der Waals surface area contributed by atoms with Crippen molar-refractivity contribution in [2.75, 3.05) is 0 Å². The van der Waals surface area contributed by atoms with Crippen LogP contribution in [0.5, 0.6) is 23.0 Å². The minimum absolute atomic E-state index is 0.0986. The molecule has 0 aliphatic rings. The predicted molar refractivity (Wildman–Crippen MR) is 137 cm³/mol. The van der Waals surface area contributed by atoms with E-state index in [1.165, 1.54) is 0 Å². The maximum Gasteiger partial charge on any atom is 0.496 e. The molecule has 0 bridgehead atoms. The van der Waals surface area contributed by atoms with Crippen LogP contribution in [0.3, 0.4) is 0 Å². The number of phenolic OH excluding ortho intramolecular Hbond substituents is 4. The van der Waals surface area contributed by atoms with Gasteiger partial charge in [-0.05, 0) is 55.2 Å². The molecular weight excluding hydrogens is 445 g/mol. The molecule has 1 heterocycles. The highest BCUT2D eigenvalue weighted by Gasteiger charge is 2.32. The molecule has 7 nitrogen and oxygen atoms in total. The van der Waals surface area contributed by atoms with Gasteiger partial charge < -0.3 is 35.0 Å². The molecule has 8 heteroatoms. The highest BCUT2D eigenvalue weighted by molar-refractivity contribution is 6.61.